The van der Waals surface area contributed by atoms with Gasteiger partial charge in [0.1, 0.15) is 5.60 Å². The second-order valence-corrected chi connectivity index (χ2v) is 8.28. The Kier molecular flexibility index (Phi) is 8.26. The van der Waals surface area contributed by atoms with E-state index in [-0.39, 0.29) is 0 Å². The number of nitrogens with one attached hydrogen (secondary N) is 1. The minimum atomic E-state index is -0.977. The quantitative estimate of drug-likeness (QED) is 0.644. The average molecular weight is 434 g/mol. The summed E-state index contributed by atoms with van der Waals surface area (Å²) in [4.78, 5) is 24.5. The summed E-state index contributed by atoms with van der Waals surface area (Å²) in [7, 11) is 2.67. The largest absolute Gasteiger partial charge is 0.467 e. The van der Waals surface area contributed by atoms with Crippen LogP contribution < -0.4 is 5.32 Å². The molecule has 162 valence electrons. The molecular formula is C23H28ClNO5. The number of ether oxygens (including phenoxy) is 3. The van der Waals surface area contributed by atoms with Crippen LogP contribution in [-0.4, -0.2) is 44.0 Å². The SMILES string of the molecule is COC(=O)C(OC)[C@@H](Cc1ccc(-c2cccc(Cl)c2)cc1)NC(=O)OC(C)(C)C. The van der Waals surface area contributed by atoms with Gasteiger partial charge in [-0.3, -0.25) is 0 Å². The molecule has 2 aromatic rings. The van der Waals surface area contributed by atoms with Crippen LogP contribution in [0.4, 0.5) is 4.79 Å². The monoisotopic (exact) mass is 433 g/mol. The zero-order chi connectivity index (χ0) is 22.3. The Labute approximate surface area is 182 Å². The van der Waals surface area contributed by atoms with Crippen molar-refractivity contribution in [2.24, 2.45) is 0 Å². The molecule has 0 bridgehead atoms. The van der Waals surface area contributed by atoms with E-state index in [1.807, 2.05) is 48.5 Å². The summed E-state index contributed by atoms with van der Waals surface area (Å²) in [6.45, 7) is 5.30. The Morgan fingerprint density at radius 2 is 1.70 bits per heavy atom. The summed E-state index contributed by atoms with van der Waals surface area (Å²) in [6.07, 6.45) is -1.26. The molecule has 7 heteroatoms. The van der Waals surface area contributed by atoms with Gasteiger partial charge in [-0.2, -0.15) is 0 Å². The normalized spacial score (nSPS) is 13.3. The number of esters is 1. The highest BCUT2D eigenvalue weighted by atomic mass is 35.5. The Bertz CT molecular complexity index is 861. The van der Waals surface area contributed by atoms with Gasteiger partial charge in [-0.15, -0.1) is 0 Å². The molecule has 0 fully saturated rings. The molecule has 0 saturated carbocycles. The second kappa shape index (κ2) is 10.5. The lowest BCUT2D eigenvalue weighted by atomic mass is 9.98. The van der Waals surface area contributed by atoms with E-state index in [4.69, 9.17) is 25.8 Å². The summed E-state index contributed by atoms with van der Waals surface area (Å²) < 4.78 is 15.5. The number of carbonyl (C=O) groups is 2. The molecule has 0 aliphatic carbocycles. The smallest absolute Gasteiger partial charge is 0.407 e. The van der Waals surface area contributed by atoms with E-state index in [0.29, 0.717) is 11.4 Å². The predicted octanol–water partition coefficient (Wildman–Crippen LogP) is 4.63. The Balaban J connectivity index is 2.21. The first-order valence-corrected chi connectivity index (χ1v) is 9.95. The molecule has 0 radical (unpaired) electrons. The lowest BCUT2D eigenvalue weighted by molar-refractivity contribution is -0.154. The van der Waals surface area contributed by atoms with Crippen molar-refractivity contribution in [3.05, 3.63) is 59.1 Å². The molecule has 1 unspecified atom stereocenters. The summed E-state index contributed by atoms with van der Waals surface area (Å²) in [5.74, 6) is -0.575. The molecule has 0 saturated heterocycles. The van der Waals surface area contributed by atoms with E-state index in [1.54, 1.807) is 20.8 Å². The van der Waals surface area contributed by atoms with Crippen molar-refractivity contribution in [3.8, 4) is 11.1 Å². The minimum absolute atomic E-state index is 0.350. The van der Waals surface area contributed by atoms with Crippen molar-refractivity contribution >= 4 is 23.7 Å². The lowest BCUT2D eigenvalue weighted by Crippen LogP contribution is -2.50. The Morgan fingerprint density at radius 3 is 2.23 bits per heavy atom. The maximum absolute atomic E-state index is 12.3. The van der Waals surface area contributed by atoms with Crippen molar-refractivity contribution in [2.45, 2.75) is 44.9 Å². The number of hydrogen-bond acceptors (Lipinski definition) is 5. The number of methoxy groups -OCH3 is 2. The van der Waals surface area contributed by atoms with Crippen LogP contribution in [0.25, 0.3) is 11.1 Å². The van der Waals surface area contributed by atoms with E-state index >= 15 is 0 Å². The van der Waals surface area contributed by atoms with E-state index in [2.05, 4.69) is 5.32 Å². The molecule has 0 aliphatic rings. The molecule has 0 heterocycles. The number of hydrogen-bond donors (Lipinski definition) is 1. The fourth-order valence-corrected chi connectivity index (χ4v) is 3.18. The molecule has 1 amide bonds. The number of rotatable bonds is 7. The number of benzene rings is 2. The number of halogens is 1. The standard InChI is InChI=1S/C23H28ClNO5/c1-23(2,3)30-22(27)25-19(20(28-4)21(26)29-5)13-15-9-11-16(12-10-15)17-7-6-8-18(24)14-17/h6-12,14,19-20H,13H2,1-5H3,(H,25,27)/t19-,20?/m1/s1. The fourth-order valence-electron chi connectivity index (χ4n) is 2.99. The molecule has 0 aromatic heterocycles. The maximum atomic E-state index is 12.3. The van der Waals surface area contributed by atoms with Gasteiger partial charge in [0.2, 0.25) is 0 Å². The van der Waals surface area contributed by atoms with Crippen LogP contribution >= 0.6 is 11.6 Å². The van der Waals surface area contributed by atoms with Crippen molar-refractivity contribution in [3.63, 3.8) is 0 Å². The highest BCUT2D eigenvalue weighted by Crippen LogP contribution is 2.23. The molecular weight excluding hydrogens is 406 g/mol. The van der Waals surface area contributed by atoms with E-state index in [0.717, 1.165) is 16.7 Å². The van der Waals surface area contributed by atoms with Crippen LogP contribution in [0.15, 0.2) is 48.5 Å². The Morgan fingerprint density at radius 1 is 1.03 bits per heavy atom. The summed E-state index contributed by atoms with van der Waals surface area (Å²) >= 11 is 6.07. The highest BCUT2D eigenvalue weighted by molar-refractivity contribution is 6.30. The van der Waals surface area contributed by atoms with Gasteiger partial charge in [-0.1, -0.05) is 48.0 Å². The third kappa shape index (κ3) is 7.04. The van der Waals surface area contributed by atoms with Gasteiger partial charge in [0.15, 0.2) is 6.10 Å². The third-order valence-corrected chi connectivity index (χ3v) is 4.56. The van der Waals surface area contributed by atoms with Crippen LogP contribution in [0.2, 0.25) is 5.02 Å². The fraction of sp³-hybridized carbons (Fsp3) is 0.391. The minimum Gasteiger partial charge on any atom is -0.467 e. The summed E-state index contributed by atoms with van der Waals surface area (Å²) in [6, 6.07) is 14.7. The molecule has 2 aromatic carbocycles. The second-order valence-electron chi connectivity index (χ2n) is 7.84. The van der Waals surface area contributed by atoms with Crippen molar-refractivity contribution < 1.29 is 23.8 Å². The maximum Gasteiger partial charge on any atom is 0.407 e. The molecule has 2 rings (SSSR count). The van der Waals surface area contributed by atoms with Gasteiger partial charge >= 0.3 is 12.1 Å². The van der Waals surface area contributed by atoms with Gasteiger partial charge in [0.05, 0.1) is 13.2 Å². The van der Waals surface area contributed by atoms with E-state index < -0.39 is 29.8 Å². The van der Waals surface area contributed by atoms with Gasteiger partial charge < -0.3 is 19.5 Å². The van der Waals surface area contributed by atoms with Crippen molar-refractivity contribution in [1.29, 1.82) is 0 Å². The molecule has 0 aliphatic heterocycles. The zero-order valence-corrected chi connectivity index (χ0v) is 18.7. The summed E-state index contributed by atoms with van der Waals surface area (Å²) in [5.41, 5.74) is 2.25. The van der Waals surface area contributed by atoms with Crippen LogP contribution in [0.1, 0.15) is 26.3 Å². The topological polar surface area (TPSA) is 73.9 Å². The lowest BCUT2D eigenvalue weighted by Gasteiger charge is -2.27. The first kappa shape index (κ1) is 23.7. The molecule has 1 N–H and O–H groups in total. The first-order chi connectivity index (χ1) is 14.1. The van der Waals surface area contributed by atoms with Crippen LogP contribution in [0.3, 0.4) is 0 Å². The van der Waals surface area contributed by atoms with Crippen LogP contribution in [0, 0.1) is 0 Å². The molecule has 0 spiro atoms. The number of carbonyl (C=O) groups excluding carboxylic acids is 2. The molecule has 2 atom stereocenters. The average Bonchev–Trinajstić information content (AvgIpc) is 2.67. The van der Waals surface area contributed by atoms with Crippen molar-refractivity contribution in [1.82, 2.24) is 5.32 Å². The predicted molar refractivity (Wildman–Crippen MR) is 117 cm³/mol. The van der Waals surface area contributed by atoms with E-state index in [1.165, 1.54) is 14.2 Å². The first-order valence-electron chi connectivity index (χ1n) is 9.58. The van der Waals surface area contributed by atoms with E-state index in [9.17, 15) is 9.59 Å². The molecule has 30 heavy (non-hydrogen) atoms. The third-order valence-electron chi connectivity index (χ3n) is 4.32. The van der Waals surface area contributed by atoms with Gasteiger partial charge in [0, 0.05) is 12.1 Å². The van der Waals surface area contributed by atoms with Gasteiger partial charge in [-0.05, 0) is 56.0 Å². The highest BCUT2D eigenvalue weighted by Gasteiger charge is 2.32. The Hall–Kier alpha value is -2.57. The molecule has 6 nitrogen and oxygen atoms in total. The van der Waals surface area contributed by atoms with Gasteiger partial charge in [-0.25, -0.2) is 9.59 Å². The van der Waals surface area contributed by atoms with Crippen molar-refractivity contribution in [2.75, 3.05) is 14.2 Å². The number of amides is 1. The summed E-state index contributed by atoms with van der Waals surface area (Å²) in [5, 5.41) is 3.40. The van der Waals surface area contributed by atoms with Crippen LogP contribution in [-0.2, 0) is 25.4 Å². The number of alkyl carbamates (subject to hydrolysis) is 1. The zero-order valence-electron chi connectivity index (χ0n) is 17.9. The van der Waals surface area contributed by atoms with Crippen LogP contribution in [0.5, 0.6) is 0 Å². The van der Waals surface area contributed by atoms with Gasteiger partial charge in [0.25, 0.3) is 0 Å².